The number of benzene rings is 1. The lowest BCUT2D eigenvalue weighted by molar-refractivity contribution is -0.136. The number of aromatic nitrogens is 3. The summed E-state index contributed by atoms with van der Waals surface area (Å²) >= 11 is 0.767. The molecule has 150 valence electrons. The van der Waals surface area contributed by atoms with Crippen LogP contribution in [0.4, 0.5) is 13.2 Å². The molecule has 29 heavy (non-hydrogen) atoms. The molecule has 0 fully saturated rings. The third kappa shape index (κ3) is 3.12. The lowest BCUT2D eigenvalue weighted by atomic mass is 10.0. The van der Waals surface area contributed by atoms with E-state index in [0.29, 0.717) is 11.3 Å². The molecule has 0 saturated heterocycles. The molecule has 11 heteroatoms. The number of ether oxygens (including phenoxy) is 2. The van der Waals surface area contributed by atoms with Gasteiger partial charge in [0, 0.05) is 17.0 Å². The van der Waals surface area contributed by atoms with Gasteiger partial charge in [0.25, 0.3) is 5.56 Å². The van der Waals surface area contributed by atoms with Crippen molar-refractivity contribution in [3.8, 4) is 22.8 Å². The Labute approximate surface area is 163 Å². The Morgan fingerprint density at radius 1 is 1.07 bits per heavy atom. The van der Waals surface area contributed by atoms with Gasteiger partial charge in [-0.05, 0) is 18.2 Å². The average molecular weight is 423 g/mol. The summed E-state index contributed by atoms with van der Waals surface area (Å²) in [5.41, 5.74) is -2.54. The van der Waals surface area contributed by atoms with Crippen molar-refractivity contribution in [1.82, 2.24) is 15.0 Å². The number of fused-ring (bicyclic) bond motifs is 3. The molecule has 3 heterocycles. The van der Waals surface area contributed by atoms with Gasteiger partial charge in [0.05, 0.1) is 31.0 Å². The Morgan fingerprint density at radius 2 is 1.83 bits per heavy atom. The third-order valence-electron chi connectivity index (χ3n) is 4.32. The van der Waals surface area contributed by atoms with E-state index in [1.54, 1.807) is 6.07 Å². The first-order chi connectivity index (χ1) is 13.7. The first kappa shape index (κ1) is 19.0. The topological polar surface area (TPSA) is 97.1 Å². The van der Waals surface area contributed by atoms with Crippen molar-refractivity contribution in [1.29, 1.82) is 0 Å². The Morgan fingerprint density at radius 3 is 2.48 bits per heavy atom. The van der Waals surface area contributed by atoms with Gasteiger partial charge in [0.1, 0.15) is 21.0 Å². The van der Waals surface area contributed by atoms with E-state index < -0.39 is 23.0 Å². The number of H-pyrrole nitrogens is 2. The van der Waals surface area contributed by atoms with Gasteiger partial charge in [-0.2, -0.15) is 13.2 Å². The molecule has 0 radical (unpaired) electrons. The van der Waals surface area contributed by atoms with E-state index in [0.717, 1.165) is 17.4 Å². The molecule has 0 aliphatic heterocycles. The first-order valence-electron chi connectivity index (χ1n) is 8.12. The Kier molecular flexibility index (Phi) is 4.34. The third-order valence-corrected chi connectivity index (χ3v) is 5.41. The second-order valence-electron chi connectivity index (χ2n) is 6.01. The fourth-order valence-corrected chi connectivity index (χ4v) is 4.10. The molecule has 0 bridgehead atoms. The molecule has 4 aromatic rings. The van der Waals surface area contributed by atoms with Crippen molar-refractivity contribution in [3.05, 3.63) is 50.7 Å². The van der Waals surface area contributed by atoms with Gasteiger partial charge >= 0.3 is 11.9 Å². The summed E-state index contributed by atoms with van der Waals surface area (Å²) in [6.45, 7) is 0. The van der Waals surface area contributed by atoms with E-state index in [9.17, 15) is 22.8 Å². The van der Waals surface area contributed by atoms with E-state index in [2.05, 4.69) is 9.97 Å². The second-order valence-corrected chi connectivity index (χ2v) is 7.01. The van der Waals surface area contributed by atoms with Crippen molar-refractivity contribution >= 4 is 31.8 Å². The number of pyridine rings is 1. The van der Waals surface area contributed by atoms with E-state index >= 15 is 0 Å². The fraction of sp³-hybridized carbons (Fsp3) is 0.167. The predicted molar refractivity (Wildman–Crippen MR) is 102 cm³/mol. The van der Waals surface area contributed by atoms with Crippen LogP contribution in [-0.4, -0.2) is 29.2 Å². The second kappa shape index (κ2) is 6.62. The summed E-state index contributed by atoms with van der Waals surface area (Å²) in [7, 11) is 2.83. The lowest BCUT2D eigenvalue weighted by Crippen LogP contribution is -2.20. The first-order valence-corrected chi connectivity index (χ1v) is 8.94. The van der Waals surface area contributed by atoms with Crippen LogP contribution in [0.1, 0.15) is 5.56 Å². The number of alkyl halides is 3. The van der Waals surface area contributed by atoms with Gasteiger partial charge in [0.15, 0.2) is 0 Å². The summed E-state index contributed by atoms with van der Waals surface area (Å²) in [4.78, 5) is 32.2. The van der Waals surface area contributed by atoms with Crippen LogP contribution in [0.15, 0.2) is 33.9 Å². The van der Waals surface area contributed by atoms with Gasteiger partial charge in [-0.3, -0.25) is 9.78 Å². The molecule has 0 saturated carbocycles. The highest BCUT2D eigenvalue weighted by Crippen LogP contribution is 2.43. The molecule has 0 atom stereocenters. The zero-order chi connectivity index (χ0) is 20.9. The van der Waals surface area contributed by atoms with Crippen LogP contribution in [-0.2, 0) is 6.18 Å². The molecule has 0 aliphatic carbocycles. The smallest absolute Gasteiger partial charge is 0.417 e. The summed E-state index contributed by atoms with van der Waals surface area (Å²) < 4.78 is 51.9. The zero-order valence-electron chi connectivity index (χ0n) is 14.9. The van der Waals surface area contributed by atoms with Crippen molar-refractivity contribution in [2.45, 2.75) is 6.18 Å². The van der Waals surface area contributed by atoms with Gasteiger partial charge in [-0.25, -0.2) is 9.78 Å². The number of hydrogen-bond donors (Lipinski definition) is 2. The van der Waals surface area contributed by atoms with Crippen molar-refractivity contribution in [2.24, 2.45) is 0 Å². The normalized spacial score (nSPS) is 11.9. The Balaban J connectivity index is 2.11. The van der Waals surface area contributed by atoms with E-state index in [1.165, 1.54) is 26.4 Å². The minimum atomic E-state index is -4.75. The number of nitrogens with one attached hydrogen (secondary N) is 2. The van der Waals surface area contributed by atoms with Crippen molar-refractivity contribution in [3.63, 3.8) is 0 Å². The van der Waals surface area contributed by atoms with E-state index in [1.807, 2.05) is 4.98 Å². The molecule has 0 amide bonds. The van der Waals surface area contributed by atoms with E-state index in [-0.39, 0.29) is 31.9 Å². The van der Waals surface area contributed by atoms with Gasteiger partial charge in [-0.1, -0.05) is 0 Å². The summed E-state index contributed by atoms with van der Waals surface area (Å²) in [5.74, 6) is 0.741. The SMILES string of the molecule is COc1ccc(-c2cc(C(F)(F)F)c3c(n2)sc2c(=O)[nH]c(=O)[nH]c23)c(OC)c1. The van der Waals surface area contributed by atoms with E-state index in [4.69, 9.17) is 9.47 Å². The van der Waals surface area contributed by atoms with Crippen LogP contribution in [0.3, 0.4) is 0 Å². The zero-order valence-corrected chi connectivity index (χ0v) is 15.7. The van der Waals surface area contributed by atoms with Crippen LogP contribution in [0.5, 0.6) is 11.5 Å². The maximum absolute atomic E-state index is 13.9. The molecule has 4 rings (SSSR count). The minimum Gasteiger partial charge on any atom is -0.497 e. The molecular weight excluding hydrogens is 411 g/mol. The summed E-state index contributed by atoms with van der Waals surface area (Å²) in [5, 5.41) is -0.322. The standard InChI is InChI=1S/C18H12F3N3O4S/c1-27-7-3-4-8(11(5-7)28-2)10-6-9(18(19,20)21)12-13-14(29-16(12)22-10)15(25)24-17(26)23-13/h3-6H,1-2H3,(H2,23,24,25,26). The van der Waals surface area contributed by atoms with Crippen LogP contribution in [0.25, 0.3) is 31.7 Å². The number of aromatic amines is 2. The average Bonchev–Trinajstić information content (AvgIpc) is 3.04. The molecule has 0 spiro atoms. The molecule has 3 aromatic heterocycles. The largest absolute Gasteiger partial charge is 0.497 e. The predicted octanol–water partition coefficient (Wildman–Crippen LogP) is 3.53. The monoisotopic (exact) mass is 423 g/mol. The van der Waals surface area contributed by atoms with Gasteiger partial charge in [0.2, 0.25) is 0 Å². The van der Waals surface area contributed by atoms with Gasteiger partial charge < -0.3 is 14.5 Å². The molecule has 2 N–H and O–H groups in total. The Bertz CT molecular complexity index is 1370. The van der Waals surface area contributed by atoms with Crippen molar-refractivity contribution in [2.75, 3.05) is 14.2 Å². The van der Waals surface area contributed by atoms with Crippen LogP contribution in [0, 0.1) is 0 Å². The number of halogens is 3. The highest BCUT2D eigenvalue weighted by atomic mass is 32.1. The maximum Gasteiger partial charge on any atom is 0.417 e. The van der Waals surface area contributed by atoms with Crippen LogP contribution >= 0.6 is 11.3 Å². The highest BCUT2D eigenvalue weighted by molar-refractivity contribution is 7.25. The number of methoxy groups -OCH3 is 2. The highest BCUT2D eigenvalue weighted by Gasteiger charge is 2.35. The molecule has 1 aromatic carbocycles. The minimum absolute atomic E-state index is 0.00894. The molecular formula is C18H12F3N3O4S. The molecule has 0 unspecified atom stereocenters. The van der Waals surface area contributed by atoms with Crippen LogP contribution < -0.4 is 20.7 Å². The number of thiophene rings is 1. The fourth-order valence-electron chi connectivity index (χ4n) is 3.05. The number of rotatable bonds is 3. The number of nitrogens with zero attached hydrogens (tertiary/aromatic N) is 1. The molecule has 0 aliphatic rings. The summed E-state index contributed by atoms with van der Waals surface area (Å²) in [6.07, 6.45) is -4.75. The Hall–Kier alpha value is -3.34. The summed E-state index contributed by atoms with van der Waals surface area (Å²) in [6, 6.07) is 5.51. The number of hydrogen-bond acceptors (Lipinski definition) is 6. The van der Waals surface area contributed by atoms with Crippen LogP contribution in [0.2, 0.25) is 0 Å². The lowest BCUT2D eigenvalue weighted by Gasteiger charge is -2.13. The molecule has 7 nitrogen and oxygen atoms in total. The van der Waals surface area contributed by atoms with Crippen molar-refractivity contribution < 1.29 is 22.6 Å². The maximum atomic E-state index is 13.9. The van der Waals surface area contributed by atoms with Gasteiger partial charge in [-0.15, -0.1) is 11.3 Å². The quantitative estimate of drug-likeness (QED) is 0.526.